The number of aliphatic hydroxyl groups excluding tert-OH is 1. The normalized spacial score (nSPS) is 27.7. The molecular weight excluding hydrogens is 574 g/mol. The number of rotatable bonds is 9. The highest BCUT2D eigenvalue weighted by Crippen LogP contribution is 2.61. The Morgan fingerprint density at radius 2 is 1.70 bits per heavy atom. The predicted octanol–water partition coefficient (Wildman–Crippen LogP) is 4.67. The quantitative estimate of drug-likeness (QED) is 0.326. The first-order valence-electron chi connectivity index (χ1n) is 15.7. The van der Waals surface area contributed by atoms with E-state index in [0.717, 1.165) is 34.7 Å². The second-order valence-corrected chi connectivity index (χ2v) is 13.6. The zero-order valence-electron chi connectivity index (χ0n) is 25.6. The van der Waals surface area contributed by atoms with E-state index in [1.807, 2.05) is 80.3 Å². The van der Waals surface area contributed by atoms with Crippen LogP contribution in [0.25, 0.3) is 0 Å². The molecule has 232 valence electrons. The van der Waals surface area contributed by atoms with E-state index in [9.17, 15) is 19.5 Å². The second kappa shape index (κ2) is 12.4. The lowest BCUT2D eigenvalue weighted by Crippen LogP contribution is -2.53. The van der Waals surface area contributed by atoms with Crippen molar-refractivity contribution in [1.82, 2.24) is 4.90 Å². The van der Waals surface area contributed by atoms with Crippen LogP contribution in [0.15, 0.2) is 66.8 Å². The zero-order valence-corrected chi connectivity index (χ0v) is 26.5. The van der Waals surface area contributed by atoms with Gasteiger partial charge in [-0.15, -0.1) is 11.8 Å². The molecule has 0 saturated carbocycles. The Hall–Kier alpha value is -3.56. The molecule has 0 aromatic heterocycles. The monoisotopic (exact) mass is 615 g/mol. The molecule has 1 unspecified atom stereocenters. The van der Waals surface area contributed by atoms with Gasteiger partial charge in [-0.25, -0.2) is 0 Å². The molecule has 1 N–H and O–H groups in total. The van der Waals surface area contributed by atoms with Crippen LogP contribution in [0.3, 0.4) is 0 Å². The SMILES string of the molecule is CCOc1ccc(N2CC=C[C@H]3S[C@]45C=CCN(c6cc(C)ccc6C)C(=O)C4N(CCCCCO)C(=O)[C@@H]5[C@H]3C2=O)cc1. The number of carbonyl (C=O) groups excluding carboxylic acids is 3. The van der Waals surface area contributed by atoms with E-state index in [1.54, 1.807) is 21.6 Å². The van der Waals surface area contributed by atoms with E-state index in [4.69, 9.17) is 4.74 Å². The van der Waals surface area contributed by atoms with Crippen LogP contribution in [0.5, 0.6) is 5.75 Å². The molecule has 0 bridgehead atoms. The smallest absolute Gasteiger partial charge is 0.251 e. The number of thioether (sulfide) groups is 1. The van der Waals surface area contributed by atoms with E-state index >= 15 is 0 Å². The van der Waals surface area contributed by atoms with Crippen molar-refractivity contribution in [1.29, 1.82) is 0 Å². The Labute approximate surface area is 263 Å². The van der Waals surface area contributed by atoms with Crippen molar-refractivity contribution >= 4 is 40.9 Å². The molecule has 9 heteroatoms. The van der Waals surface area contributed by atoms with E-state index < -0.39 is 22.6 Å². The topological polar surface area (TPSA) is 90.4 Å². The van der Waals surface area contributed by atoms with Gasteiger partial charge >= 0.3 is 0 Å². The lowest BCUT2D eigenvalue weighted by molar-refractivity contribution is -0.138. The molecule has 0 radical (unpaired) electrons. The number of amides is 3. The maximum absolute atomic E-state index is 14.7. The molecule has 4 aliphatic rings. The van der Waals surface area contributed by atoms with Crippen LogP contribution in [-0.2, 0) is 14.4 Å². The molecule has 44 heavy (non-hydrogen) atoms. The summed E-state index contributed by atoms with van der Waals surface area (Å²) in [5.74, 6) is -0.861. The molecule has 2 fully saturated rings. The van der Waals surface area contributed by atoms with Gasteiger partial charge < -0.3 is 24.5 Å². The molecule has 6 rings (SSSR count). The largest absolute Gasteiger partial charge is 0.494 e. The summed E-state index contributed by atoms with van der Waals surface area (Å²) >= 11 is 1.60. The average Bonchev–Trinajstić information content (AvgIpc) is 3.32. The fourth-order valence-electron chi connectivity index (χ4n) is 7.29. The molecule has 2 aromatic carbocycles. The number of ether oxygens (including phenoxy) is 1. The highest BCUT2D eigenvalue weighted by atomic mass is 32.2. The molecule has 1 spiro atoms. The number of benzene rings is 2. The third-order valence-electron chi connectivity index (χ3n) is 9.33. The van der Waals surface area contributed by atoms with E-state index in [0.29, 0.717) is 39.1 Å². The van der Waals surface area contributed by atoms with Crippen molar-refractivity contribution in [3.8, 4) is 5.75 Å². The fraction of sp³-hybridized carbons (Fsp3) is 0.457. The number of aliphatic hydroxyl groups is 1. The number of carbonyl (C=O) groups is 3. The summed E-state index contributed by atoms with van der Waals surface area (Å²) in [6, 6.07) is 12.9. The van der Waals surface area contributed by atoms with Gasteiger partial charge in [-0.05, 0) is 81.5 Å². The standard InChI is InChI=1S/C35H41N3O5S/c1-4-43-26-15-13-25(14-16-26)36-19-8-10-28-29(32(36)40)30-33(41)38(18-6-5-7-21-39)31-34(42)37(20-9-17-35(30,31)44-28)27-22-23(2)11-12-24(27)3/h8-17,22,28-31,39H,4-7,18-21H2,1-3H3/t28-,29+,30+,31?,35+/m1/s1. The fourth-order valence-corrected chi connectivity index (χ4v) is 9.30. The first-order chi connectivity index (χ1) is 21.3. The molecule has 4 aliphatic heterocycles. The van der Waals surface area contributed by atoms with E-state index in [2.05, 4.69) is 12.2 Å². The van der Waals surface area contributed by atoms with Crippen molar-refractivity contribution in [2.24, 2.45) is 11.8 Å². The molecule has 8 nitrogen and oxygen atoms in total. The Kier molecular flexibility index (Phi) is 8.61. The van der Waals surface area contributed by atoms with Gasteiger partial charge in [0, 0.05) is 42.9 Å². The third-order valence-corrected chi connectivity index (χ3v) is 11.1. The van der Waals surface area contributed by atoms with Crippen LogP contribution in [0.1, 0.15) is 37.3 Å². The number of hydrogen-bond donors (Lipinski definition) is 1. The zero-order chi connectivity index (χ0) is 31.0. The van der Waals surface area contributed by atoms with Gasteiger partial charge in [-0.1, -0.05) is 36.4 Å². The van der Waals surface area contributed by atoms with E-state index in [1.165, 1.54) is 0 Å². The van der Waals surface area contributed by atoms with Crippen molar-refractivity contribution in [2.45, 2.75) is 56.1 Å². The molecule has 4 heterocycles. The lowest BCUT2D eigenvalue weighted by atomic mass is 9.78. The minimum atomic E-state index is -0.866. The maximum Gasteiger partial charge on any atom is 0.251 e. The summed E-state index contributed by atoms with van der Waals surface area (Å²) in [6.45, 7) is 7.82. The van der Waals surface area contributed by atoms with Gasteiger partial charge in [0.1, 0.15) is 11.8 Å². The number of fused-ring (bicyclic) bond motifs is 2. The summed E-state index contributed by atoms with van der Waals surface area (Å²) in [4.78, 5) is 49.1. The van der Waals surface area contributed by atoms with Crippen molar-refractivity contribution in [2.75, 3.05) is 42.6 Å². The van der Waals surface area contributed by atoms with Gasteiger partial charge in [-0.3, -0.25) is 14.4 Å². The summed E-state index contributed by atoms with van der Waals surface area (Å²) in [5.41, 5.74) is 3.66. The highest BCUT2D eigenvalue weighted by Gasteiger charge is 2.71. The van der Waals surface area contributed by atoms with Crippen molar-refractivity contribution in [3.63, 3.8) is 0 Å². The van der Waals surface area contributed by atoms with Crippen LogP contribution in [-0.4, -0.2) is 76.6 Å². The molecule has 2 saturated heterocycles. The maximum atomic E-state index is 14.7. The van der Waals surface area contributed by atoms with Crippen LogP contribution in [0.2, 0.25) is 0 Å². The van der Waals surface area contributed by atoms with Crippen LogP contribution in [0, 0.1) is 25.7 Å². The number of likely N-dealkylation sites (tertiary alicyclic amines) is 1. The van der Waals surface area contributed by atoms with Crippen LogP contribution < -0.4 is 14.5 Å². The number of hydrogen-bond acceptors (Lipinski definition) is 6. The van der Waals surface area contributed by atoms with Gasteiger partial charge in [-0.2, -0.15) is 0 Å². The minimum Gasteiger partial charge on any atom is -0.494 e. The Balaban J connectivity index is 1.39. The number of unbranched alkanes of at least 4 members (excludes halogenated alkanes) is 2. The van der Waals surface area contributed by atoms with E-state index in [-0.39, 0.29) is 29.6 Å². The third kappa shape index (κ3) is 5.13. The lowest BCUT2D eigenvalue weighted by Gasteiger charge is -2.35. The highest BCUT2D eigenvalue weighted by molar-refractivity contribution is 8.02. The average molecular weight is 616 g/mol. The van der Waals surface area contributed by atoms with Gasteiger partial charge in [0.05, 0.1) is 23.2 Å². The molecule has 3 amide bonds. The number of nitrogens with zero attached hydrogens (tertiary/aromatic N) is 3. The summed E-state index contributed by atoms with van der Waals surface area (Å²) in [6.07, 6.45) is 10.2. The van der Waals surface area contributed by atoms with Gasteiger partial charge in [0.2, 0.25) is 11.8 Å². The molecule has 2 aromatic rings. The molecule has 5 atom stereocenters. The predicted molar refractivity (Wildman–Crippen MR) is 174 cm³/mol. The van der Waals surface area contributed by atoms with Crippen LogP contribution >= 0.6 is 11.8 Å². The number of aryl methyl sites for hydroxylation is 2. The molecule has 0 aliphatic carbocycles. The molecular formula is C35H41N3O5S. The first-order valence-corrected chi connectivity index (χ1v) is 16.5. The first kappa shape index (κ1) is 30.5. The van der Waals surface area contributed by atoms with Crippen molar-refractivity contribution in [3.05, 3.63) is 77.9 Å². The van der Waals surface area contributed by atoms with Gasteiger partial charge in [0.25, 0.3) is 5.91 Å². The summed E-state index contributed by atoms with van der Waals surface area (Å²) in [5, 5.41) is 9.12. The summed E-state index contributed by atoms with van der Waals surface area (Å²) < 4.78 is 4.74. The Bertz CT molecular complexity index is 1490. The van der Waals surface area contributed by atoms with Gasteiger partial charge in [0.15, 0.2) is 0 Å². The number of anilines is 2. The summed E-state index contributed by atoms with van der Waals surface area (Å²) in [7, 11) is 0. The Morgan fingerprint density at radius 1 is 0.932 bits per heavy atom. The van der Waals surface area contributed by atoms with Crippen molar-refractivity contribution < 1.29 is 24.2 Å². The minimum absolute atomic E-state index is 0.0911. The second-order valence-electron chi connectivity index (χ2n) is 12.1. The van der Waals surface area contributed by atoms with Crippen LogP contribution in [0.4, 0.5) is 11.4 Å². The Morgan fingerprint density at radius 3 is 2.45 bits per heavy atom.